The molecule has 0 atom stereocenters. The molecular weight excluding hydrogens is 458 g/mol. The van der Waals surface area contributed by atoms with Crippen LogP contribution in [-0.4, -0.2) is 42.4 Å². The van der Waals surface area contributed by atoms with Crippen LogP contribution in [0.4, 0.5) is 37.7 Å². The lowest BCUT2D eigenvalue weighted by Gasteiger charge is -2.17. The SMILES string of the molecule is CCS(=O)(=O)C(=NC(=S)C(F)(F)F)C(C)=C(C)Nc1cc(C(F)(F)F)ncc1NC. The van der Waals surface area contributed by atoms with Crippen molar-refractivity contribution in [3.63, 3.8) is 0 Å². The van der Waals surface area contributed by atoms with Crippen LogP contribution < -0.4 is 10.6 Å². The third kappa shape index (κ3) is 6.39. The highest BCUT2D eigenvalue weighted by Gasteiger charge is 2.36. The van der Waals surface area contributed by atoms with E-state index in [0.29, 0.717) is 6.07 Å². The highest BCUT2D eigenvalue weighted by molar-refractivity contribution is 8.07. The van der Waals surface area contributed by atoms with Crippen LogP contribution in [0.2, 0.25) is 0 Å². The first-order valence-corrected chi connectivity index (χ1v) is 10.2. The van der Waals surface area contributed by atoms with E-state index in [1.54, 1.807) is 0 Å². The molecule has 0 aliphatic carbocycles. The number of aromatic nitrogens is 1. The molecule has 0 saturated carbocycles. The molecule has 0 saturated heterocycles. The van der Waals surface area contributed by atoms with Gasteiger partial charge in [0.15, 0.2) is 14.9 Å². The lowest BCUT2D eigenvalue weighted by Crippen LogP contribution is -2.26. The Labute approximate surface area is 174 Å². The molecule has 1 aromatic rings. The van der Waals surface area contributed by atoms with E-state index in [-0.39, 0.29) is 22.6 Å². The number of nitrogens with one attached hydrogen (secondary N) is 2. The number of allylic oxidation sites excluding steroid dienone is 1. The van der Waals surface area contributed by atoms with Crippen LogP contribution >= 0.6 is 12.2 Å². The molecule has 168 valence electrons. The number of nitrogens with zero attached hydrogens (tertiary/aromatic N) is 2. The van der Waals surface area contributed by atoms with E-state index in [9.17, 15) is 34.8 Å². The molecule has 0 radical (unpaired) electrons. The van der Waals surface area contributed by atoms with Gasteiger partial charge in [-0.15, -0.1) is 0 Å². The second-order valence-electron chi connectivity index (χ2n) is 5.86. The number of anilines is 2. The van der Waals surface area contributed by atoms with E-state index in [1.807, 2.05) is 0 Å². The first-order valence-electron chi connectivity index (χ1n) is 8.17. The molecule has 2 N–H and O–H groups in total. The van der Waals surface area contributed by atoms with Gasteiger partial charge in [-0.2, -0.15) is 26.3 Å². The molecule has 6 nitrogen and oxygen atoms in total. The van der Waals surface area contributed by atoms with E-state index >= 15 is 0 Å². The Balaban J connectivity index is 3.56. The fraction of sp³-hybridized carbons (Fsp3) is 0.438. The Morgan fingerprint density at radius 1 is 1.17 bits per heavy atom. The molecule has 0 aliphatic rings. The van der Waals surface area contributed by atoms with Gasteiger partial charge >= 0.3 is 12.4 Å². The zero-order valence-corrected chi connectivity index (χ0v) is 17.8. The van der Waals surface area contributed by atoms with Gasteiger partial charge in [-0.25, -0.2) is 18.4 Å². The third-order valence-corrected chi connectivity index (χ3v) is 5.86. The minimum atomic E-state index is -5.03. The van der Waals surface area contributed by atoms with Crippen LogP contribution in [-0.2, 0) is 16.0 Å². The fourth-order valence-corrected chi connectivity index (χ4v) is 3.32. The summed E-state index contributed by atoms with van der Waals surface area (Å²) in [6, 6.07) is 0.675. The molecule has 0 unspecified atom stereocenters. The largest absolute Gasteiger partial charge is 0.443 e. The van der Waals surface area contributed by atoms with E-state index in [4.69, 9.17) is 0 Å². The van der Waals surface area contributed by atoms with Crippen molar-refractivity contribution in [3.8, 4) is 0 Å². The van der Waals surface area contributed by atoms with Crippen molar-refractivity contribution in [3.05, 3.63) is 29.2 Å². The number of halogens is 6. The van der Waals surface area contributed by atoms with Gasteiger partial charge in [-0.1, -0.05) is 19.1 Å². The topological polar surface area (TPSA) is 83.5 Å². The molecule has 14 heteroatoms. The summed E-state index contributed by atoms with van der Waals surface area (Å²) < 4.78 is 102. The average molecular weight is 476 g/mol. The summed E-state index contributed by atoms with van der Waals surface area (Å²) in [6.07, 6.45) is -8.87. The maximum atomic E-state index is 12.9. The predicted octanol–water partition coefficient (Wildman–Crippen LogP) is 4.57. The number of aliphatic imine (C=N–C) groups is 1. The molecule has 0 aliphatic heterocycles. The molecule has 0 spiro atoms. The summed E-state index contributed by atoms with van der Waals surface area (Å²) in [6.45, 7) is 3.65. The molecule has 0 aromatic carbocycles. The van der Waals surface area contributed by atoms with E-state index in [0.717, 1.165) is 13.1 Å². The maximum absolute atomic E-state index is 12.9. The third-order valence-electron chi connectivity index (χ3n) is 3.79. The molecular formula is C16H18F6N4O2S2. The fourth-order valence-electron chi connectivity index (χ4n) is 2.05. The van der Waals surface area contributed by atoms with Gasteiger partial charge in [0.1, 0.15) is 5.69 Å². The zero-order valence-electron chi connectivity index (χ0n) is 16.2. The van der Waals surface area contributed by atoms with Gasteiger partial charge in [0, 0.05) is 18.3 Å². The smallest absolute Gasteiger partial charge is 0.385 e. The van der Waals surface area contributed by atoms with Crippen molar-refractivity contribution in [2.24, 2.45) is 4.99 Å². The van der Waals surface area contributed by atoms with E-state index in [1.165, 1.54) is 20.9 Å². The molecule has 30 heavy (non-hydrogen) atoms. The summed E-state index contributed by atoms with van der Waals surface area (Å²) in [4.78, 5) is 4.57. The first kappa shape index (κ1) is 25.8. The number of pyridine rings is 1. The minimum Gasteiger partial charge on any atom is -0.385 e. The van der Waals surface area contributed by atoms with Gasteiger partial charge in [-0.05, 0) is 19.9 Å². The van der Waals surface area contributed by atoms with Gasteiger partial charge in [-0.3, -0.25) is 0 Å². The quantitative estimate of drug-likeness (QED) is 0.280. The Morgan fingerprint density at radius 2 is 1.73 bits per heavy atom. The van der Waals surface area contributed by atoms with Crippen LogP contribution in [0.25, 0.3) is 0 Å². The van der Waals surface area contributed by atoms with Crippen molar-refractivity contribution in [1.82, 2.24) is 4.98 Å². The normalized spacial score (nSPS) is 14.3. The second kappa shape index (κ2) is 9.29. The van der Waals surface area contributed by atoms with Crippen molar-refractivity contribution in [1.29, 1.82) is 0 Å². The minimum absolute atomic E-state index is 0.0495. The number of thiocarbonyl (C=S) groups is 1. The predicted molar refractivity (Wildman–Crippen MR) is 106 cm³/mol. The summed E-state index contributed by atoms with van der Waals surface area (Å²) in [5.41, 5.74) is -1.49. The highest BCUT2D eigenvalue weighted by Crippen LogP contribution is 2.33. The molecule has 1 aromatic heterocycles. The number of alkyl halides is 6. The standard InChI is InChI=1S/C16H18F6N4O2S2/c1-5-30(27,28)13(26-14(29)16(20,21)22)8(2)9(3)25-10-6-12(15(17,18)19)24-7-11(10)23-4/h6-7,23H,5H2,1-4H3,(H,24,25). The van der Waals surface area contributed by atoms with Crippen molar-refractivity contribution >= 4 is 43.5 Å². The Kier molecular flexibility index (Phi) is 7.99. The number of rotatable bonds is 5. The van der Waals surface area contributed by atoms with Crippen LogP contribution in [0.5, 0.6) is 0 Å². The number of sulfone groups is 1. The molecule has 0 amide bonds. The molecule has 0 fully saturated rings. The Hall–Kier alpha value is -2.22. The van der Waals surface area contributed by atoms with Crippen LogP contribution in [0.15, 0.2) is 28.5 Å². The summed E-state index contributed by atoms with van der Waals surface area (Å²) in [5.74, 6) is -0.563. The zero-order chi connectivity index (χ0) is 23.5. The van der Waals surface area contributed by atoms with Gasteiger partial charge < -0.3 is 10.6 Å². The van der Waals surface area contributed by atoms with Gasteiger partial charge in [0.2, 0.25) is 4.99 Å². The number of hydrogen-bond donors (Lipinski definition) is 2. The molecule has 0 bridgehead atoms. The highest BCUT2D eigenvalue weighted by atomic mass is 32.2. The lowest BCUT2D eigenvalue weighted by atomic mass is 10.2. The van der Waals surface area contributed by atoms with Crippen LogP contribution in [0.1, 0.15) is 26.5 Å². The van der Waals surface area contributed by atoms with Gasteiger partial charge in [0.25, 0.3) is 0 Å². The van der Waals surface area contributed by atoms with Gasteiger partial charge in [0.05, 0.1) is 23.3 Å². The van der Waals surface area contributed by atoms with Crippen molar-refractivity contribution in [2.45, 2.75) is 33.1 Å². The number of hydrogen-bond acceptors (Lipinski definition) is 6. The monoisotopic (exact) mass is 476 g/mol. The Bertz CT molecular complexity index is 982. The first-order chi connectivity index (χ1) is 13.5. The van der Waals surface area contributed by atoms with Crippen LogP contribution in [0.3, 0.4) is 0 Å². The van der Waals surface area contributed by atoms with E-state index < -0.39 is 43.7 Å². The molecule has 1 heterocycles. The van der Waals surface area contributed by atoms with Crippen LogP contribution in [0, 0.1) is 0 Å². The summed E-state index contributed by atoms with van der Waals surface area (Å²) in [7, 11) is -2.83. The van der Waals surface area contributed by atoms with E-state index in [2.05, 4.69) is 32.8 Å². The molecule has 1 rings (SSSR count). The Morgan fingerprint density at radius 3 is 2.17 bits per heavy atom. The van der Waals surface area contributed by atoms with Crippen molar-refractivity contribution in [2.75, 3.05) is 23.4 Å². The maximum Gasteiger partial charge on any atom is 0.443 e. The lowest BCUT2D eigenvalue weighted by molar-refractivity contribution is -0.141. The summed E-state index contributed by atoms with van der Waals surface area (Å²) in [5, 5.41) is 4.26. The van der Waals surface area contributed by atoms with Crippen molar-refractivity contribution < 1.29 is 34.8 Å². The summed E-state index contributed by atoms with van der Waals surface area (Å²) >= 11 is 4.15. The second-order valence-corrected chi connectivity index (χ2v) is 8.44. The average Bonchev–Trinajstić information content (AvgIpc) is 2.63.